The molecule has 32 heavy (non-hydrogen) atoms. The van der Waals surface area contributed by atoms with E-state index in [1.807, 2.05) is 0 Å². The fraction of sp³-hybridized carbons (Fsp3) is 0.929. The summed E-state index contributed by atoms with van der Waals surface area (Å²) >= 11 is 0. The fourth-order valence-electron chi connectivity index (χ4n) is 6.15. The number of carbonyl (C=O) groups excluding carboxylic acids is 2. The zero-order valence-electron chi connectivity index (χ0n) is 20.8. The summed E-state index contributed by atoms with van der Waals surface area (Å²) in [5, 5.41) is 0. The molecule has 0 unspecified atom stereocenters. The van der Waals surface area contributed by atoms with Gasteiger partial charge in [0.2, 0.25) is 0 Å². The SMILES string of the molecule is CCCCC1CCC(OC(=O)C2CCC(OC(=O)C3CCC(CCCC)CC3)CC2)CC1. The maximum absolute atomic E-state index is 12.7. The van der Waals surface area contributed by atoms with Crippen LogP contribution in [0.2, 0.25) is 0 Å². The molecule has 0 aromatic carbocycles. The molecule has 0 saturated heterocycles. The first-order valence-electron chi connectivity index (χ1n) is 14.0. The van der Waals surface area contributed by atoms with Gasteiger partial charge in [-0.15, -0.1) is 0 Å². The largest absolute Gasteiger partial charge is 0.462 e. The van der Waals surface area contributed by atoms with Crippen molar-refractivity contribution in [2.24, 2.45) is 23.7 Å². The predicted molar refractivity (Wildman–Crippen MR) is 128 cm³/mol. The molecule has 0 aromatic heterocycles. The van der Waals surface area contributed by atoms with E-state index in [4.69, 9.17) is 9.47 Å². The van der Waals surface area contributed by atoms with Crippen LogP contribution in [0.1, 0.15) is 129 Å². The van der Waals surface area contributed by atoms with E-state index in [1.54, 1.807) is 0 Å². The molecule has 0 heterocycles. The molecule has 0 N–H and O–H groups in total. The van der Waals surface area contributed by atoms with Gasteiger partial charge in [0.1, 0.15) is 12.2 Å². The van der Waals surface area contributed by atoms with Gasteiger partial charge in [-0.25, -0.2) is 0 Å². The number of hydrogen-bond acceptors (Lipinski definition) is 4. The van der Waals surface area contributed by atoms with Gasteiger partial charge in [-0.1, -0.05) is 52.4 Å². The predicted octanol–water partition coefficient (Wildman–Crippen LogP) is 7.38. The van der Waals surface area contributed by atoms with Gasteiger partial charge < -0.3 is 9.47 Å². The number of esters is 2. The number of rotatable bonds is 10. The second-order valence-corrected chi connectivity index (χ2v) is 11.0. The van der Waals surface area contributed by atoms with Crippen LogP contribution in [-0.4, -0.2) is 24.1 Å². The van der Waals surface area contributed by atoms with Gasteiger partial charge in [0.05, 0.1) is 11.8 Å². The average molecular weight is 449 g/mol. The summed E-state index contributed by atoms with van der Waals surface area (Å²) in [6.07, 6.45) is 20.0. The van der Waals surface area contributed by atoms with Crippen molar-refractivity contribution in [1.82, 2.24) is 0 Å². The molecule has 0 bridgehead atoms. The van der Waals surface area contributed by atoms with Gasteiger partial charge in [0, 0.05) is 0 Å². The second-order valence-electron chi connectivity index (χ2n) is 11.0. The molecule has 4 nitrogen and oxygen atoms in total. The van der Waals surface area contributed by atoms with Gasteiger partial charge in [0.15, 0.2) is 0 Å². The Labute approximate surface area is 196 Å². The third-order valence-electron chi connectivity index (χ3n) is 8.48. The monoisotopic (exact) mass is 448 g/mol. The maximum atomic E-state index is 12.7. The van der Waals surface area contributed by atoms with E-state index in [2.05, 4.69) is 13.8 Å². The Balaban J connectivity index is 1.29. The molecule has 3 aliphatic rings. The van der Waals surface area contributed by atoms with E-state index in [9.17, 15) is 9.59 Å². The Hall–Kier alpha value is -1.06. The molecule has 3 aliphatic carbocycles. The van der Waals surface area contributed by atoms with Crippen LogP contribution in [0, 0.1) is 23.7 Å². The summed E-state index contributed by atoms with van der Waals surface area (Å²) < 4.78 is 11.8. The molecule has 4 heteroatoms. The molecular formula is C28H48O4. The number of hydrogen-bond donors (Lipinski definition) is 0. The molecule has 3 rings (SSSR count). The second kappa shape index (κ2) is 13.6. The Morgan fingerprint density at radius 2 is 0.906 bits per heavy atom. The zero-order chi connectivity index (χ0) is 22.8. The number of unbranched alkanes of at least 4 members (excludes halogenated alkanes) is 2. The Morgan fingerprint density at radius 1 is 0.562 bits per heavy atom. The van der Waals surface area contributed by atoms with Crippen molar-refractivity contribution in [3.8, 4) is 0 Å². The van der Waals surface area contributed by atoms with Crippen LogP contribution in [0.3, 0.4) is 0 Å². The fourth-order valence-corrected chi connectivity index (χ4v) is 6.15. The van der Waals surface area contributed by atoms with Gasteiger partial charge in [0.25, 0.3) is 0 Å². The molecule has 0 spiro atoms. The van der Waals surface area contributed by atoms with E-state index in [-0.39, 0.29) is 36.0 Å². The molecule has 3 fully saturated rings. The van der Waals surface area contributed by atoms with Crippen molar-refractivity contribution in [3.63, 3.8) is 0 Å². The van der Waals surface area contributed by atoms with Crippen LogP contribution in [0.15, 0.2) is 0 Å². The Kier molecular flexibility index (Phi) is 10.9. The first-order chi connectivity index (χ1) is 15.6. The normalized spacial score (nSPS) is 33.4. The topological polar surface area (TPSA) is 52.6 Å². The maximum Gasteiger partial charge on any atom is 0.309 e. The van der Waals surface area contributed by atoms with Crippen molar-refractivity contribution in [1.29, 1.82) is 0 Å². The van der Waals surface area contributed by atoms with E-state index >= 15 is 0 Å². The molecule has 0 radical (unpaired) electrons. The molecule has 0 amide bonds. The molecular weight excluding hydrogens is 400 g/mol. The average Bonchev–Trinajstić information content (AvgIpc) is 2.83. The zero-order valence-corrected chi connectivity index (χ0v) is 20.8. The van der Waals surface area contributed by atoms with Crippen LogP contribution in [-0.2, 0) is 19.1 Å². The lowest BCUT2D eigenvalue weighted by Gasteiger charge is -2.32. The molecule has 0 aromatic rings. The molecule has 3 saturated carbocycles. The van der Waals surface area contributed by atoms with Crippen molar-refractivity contribution in [2.75, 3.05) is 0 Å². The number of carbonyl (C=O) groups is 2. The Morgan fingerprint density at radius 3 is 1.31 bits per heavy atom. The smallest absolute Gasteiger partial charge is 0.309 e. The first kappa shape index (κ1) is 25.6. The minimum atomic E-state index is -0.00299. The molecule has 184 valence electrons. The van der Waals surface area contributed by atoms with Crippen LogP contribution in [0.4, 0.5) is 0 Å². The lowest BCUT2D eigenvalue weighted by atomic mass is 9.80. The lowest BCUT2D eigenvalue weighted by molar-refractivity contribution is -0.161. The van der Waals surface area contributed by atoms with E-state index < -0.39 is 0 Å². The van der Waals surface area contributed by atoms with Crippen molar-refractivity contribution >= 4 is 11.9 Å². The summed E-state index contributed by atoms with van der Waals surface area (Å²) in [4.78, 5) is 25.3. The van der Waals surface area contributed by atoms with E-state index in [0.717, 1.165) is 63.2 Å². The quantitative estimate of drug-likeness (QED) is 0.327. The van der Waals surface area contributed by atoms with E-state index in [1.165, 1.54) is 64.2 Å². The van der Waals surface area contributed by atoms with Gasteiger partial charge in [-0.05, 0) is 88.9 Å². The molecule has 0 aliphatic heterocycles. The number of ether oxygens (including phenoxy) is 2. The standard InChI is InChI=1S/C28H48O4/c1-3-5-7-21-9-13-23(14-10-21)27(29)32-26-19-15-24(16-20-26)28(30)31-25-17-11-22(12-18-25)8-6-4-2/h21-26H,3-20H2,1-2H3. The highest BCUT2D eigenvalue weighted by atomic mass is 16.5. The van der Waals surface area contributed by atoms with Gasteiger partial charge in [-0.3, -0.25) is 9.59 Å². The lowest BCUT2D eigenvalue weighted by Crippen LogP contribution is -2.33. The third kappa shape index (κ3) is 8.06. The van der Waals surface area contributed by atoms with Crippen molar-refractivity contribution in [2.45, 2.75) is 142 Å². The highest BCUT2D eigenvalue weighted by molar-refractivity contribution is 5.73. The van der Waals surface area contributed by atoms with Gasteiger partial charge in [-0.2, -0.15) is 0 Å². The van der Waals surface area contributed by atoms with Crippen molar-refractivity contribution < 1.29 is 19.1 Å². The molecule has 0 atom stereocenters. The van der Waals surface area contributed by atoms with Crippen LogP contribution >= 0.6 is 0 Å². The minimum Gasteiger partial charge on any atom is -0.462 e. The summed E-state index contributed by atoms with van der Waals surface area (Å²) in [6, 6.07) is 0. The summed E-state index contributed by atoms with van der Waals surface area (Å²) in [5.74, 6) is 1.76. The van der Waals surface area contributed by atoms with Crippen LogP contribution in [0.5, 0.6) is 0 Å². The summed E-state index contributed by atoms with van der Waals surface area (Å²) in [6.45, 7) is 4.50. The van der Waals surface area contributed by atoms with Crippen molar-refractivity contribution in [3.05, 3.63) is 0 Å². The third-order valence-corrected chi connectivity index (χ3v) is 8.48. The first-order valence-corrected chi connectivity index (χ1v) is 14.0. The summed E-state index contributed by atoms with van der Waals surface area (Å²) in [7, 11) is 0. The van der Waals surface area contributed by atoms with E-state index in [0.29, 0.717) is 0 Å². The Bertz CT molecular complexity index is 550. The minimum absolute atomic E-state index is 0.00151. The van der Waals surface area contributed by atoms with Gasteiger partial charge >= 0.3 is 11.9 Å². The van der Waals surface area contributed by atoms with Crippen LogP contribution < -0.4 is 0 Å². The van der Waals surface area contributed by atoms with Crippen LogP contribution in [0.25, 0.3) is 0 Å². The highest BCUT2D eigenvalue weighted by Gasteiger charge is 2.34. The highest BCUT2D eigenvalue weighted by Crippen LogP contribution is 2.35. The summed E-state index contributed by atoms with van der Waals surface area (Å²) in [5.41, 5.74) is 0.